The highest BCUT2D eigenvalue weighted by atomic mass is 35.5. The molecule has 5 nitrogen and oxygen atoms in total. The molecule has 0 saturated heterocycles. The van der Waals surface area contributed by atoms with E-state index in [1.54, 1.807) is 12.1 Å². The second kappa shape index (κ2) is 8.37. The highest BCUT2D eigenvalue weighted by Gasteiger charge is 2.25. The van der Waals surface area contributed by atoms with E-state index in [1.165, 1.54) is 22.9 Å². The molecule has 1 amide bonds. The molecule has 1 aliphatic carbocycles. The summed E-state index contributed by atoms with van der Waals surface area (Å²) >= 11 is 7.17. The number of rotatable bonds is 5. The maximum Gasteiger partial charge on any atom is 0.277 e. The fraction of sp³-hybridized carbons (Fsp3) is 0.286. The van der Waals surface area contributed by atoms with E-state index in [9.17, 15) is 4.79 Å². The van der Waals surface area contributed by atoms with Crippen molar-refractivity contribution in [3.05, 3.63) is 64.7 Å². The molecule has 1 N–H and O–H groups in total. The molecule has 0 unspecified atom stereocenters. The van der Waals surface area contributed by atoms with E-state index in [0.29, 0.717) is 16.1 Å². The van der Waals surface area contributed by atoms with Crippen LogP contribution in [0.5, 0.6) is 0 Å². The van der Waals surface area contributed by atoms with Crippen LogP contribution >= 0.6 is 23.4 Å². The topological polar surface area (TPSA) is 68.0 Å². The van der Waals surface area contributed by atoms with E-state index in [-0.39, 0.29) is 17.2 Å². The van der Waals surface area contributed by atoms with Gasteiger partial charge in [0.1, 0.15) is 0 Å². The molecule has 0 fully saturated rings. The van der Waals surface area contributed by atoms with Crippen LogP contribution in [0.4, 0.5) is 0 Å². The summed E-state index contributed by atoms with van der Waals surface area (Å²) in [7, 11) is 0. The minimum absolute atomic E-state index is 0.0297. The molecule has 0 saturated carbocycles. The van der Waals surface area contributed by atoms with Crippen molar-refractivity contribution in [2.45, 2.75) is 42.7 Å². The fourth-order valence-electron chi connectivity index (χ4n) is 3.36. The largest absolute Gasteiger partial charge is 0.411 e. The number of nitrogens with one attached hydrogen (secondary N) is 1. The van der Waals surface area contributed by atoms with Gasteiger partial charge < -0.3 is 9.73 Å². The molecule has 4 rings (SSSR count). The summed E-state index contributed by atoms with van der Waals surface area (Å²) in [6, 6.07) is 15.6. The summed E-state index contributed by atoms with van der Waals surface area (Å²) < 4.78 is 5.69. The Labute approximate surface area is 172 Å². The lowest BCUT2D eigenvalue weighted by atomic mass is 9.88. The predicted octanol–water partition coefficient (Wildman–Crippen LogP) is 5.06. The molecule has 3 aromatic rings. The molecule has 7 heteroatoms. The second-order valence-corrected chi connectivity index (χ2v) is 8.52. The van der Waals surface area contributed by atoms with E-state index in [1.807, 2.05) is 25.1 Å². The van der Waals surface area contributed by atoms with Crippen LogP contribution in [0.15, 0.2) is 58.2 Å². The van der Waals surface area contributed by atoms with Crippen LogP contribution in [-0.4, -0.2) is 21.4 Å². The summed E-state index contributed by atoms with van der Waals surface area (Å²) in [6.07, 6.45) is 3.11. The first-order chi connectivity index (χ1) is 13.6. The van der Waals surface area contributed by atoms with Crippen LogP contribution in [-0.2, 0) is 11.2 Å². The van der Waals surface area contributed by atoms with Crippen molar-refractivity contribution in [1.29, 1.82) is 0 Å². The SMILES string of the molecule is C[C@H](Sc1nnc(-c2ccc(Cl)cc2)o1)C(=O)N[C@@H]1CCCc2ccccc21. The zero-order chi connectivity index (χ0) is 19.5. The Morgan fingerprint density at radius 2 is 2.00 bits per heavy atom. The first kappa shape index (κ1) is 19.0. The third kappa shape index (κ3) is 4.23. The summed E-state index contributed by atoms with van der Waals surface area (Å²) in [5, 5.41) is 12.0. The van der Waals surface area contributed by atoms with Crippen molar-refractivity contribution in [2.75, 3.05) is 0 Å². The number of amides is 1. The Hall–Kier alpha value is -2.31. The number of aryl methyl sites for hydroxylation is 1. The summed E-state index contributed by atoms with van der Waals surface area (Å²) in [6.45, 7) is 1.85. The number of benzene rings is 2. The Bertz CT molecular complexity index is 974. The van der Waals surface area contributed by atoms with Gasteiger partial charge >= 0.3 is 0 Å². The molecular formula is C21H20ClN3O2S. The van der Waals surface area contributed by atoms with Gasteiger partial charge in [0.2, 0.25) is 11.8 Å². The van der Waals surface area contributed by atoms with Gasteiger partial charge in [0, 0.05) is 10.6 Å². The molecule has 1 heterocycles. The minimum Gasteiger partial charge on any atom is -0.411 e. The monoisotopic (exact) mass is 413 g/mol. The quantitative estimate of drug-likeness (QED) is 0.592. The van der Waals surface area contributed by atoms with E-state index < -0.39 is 0 Å². The van der Waals surface area contributed by atoms with Gasteiger partial charge in [-0.05, 0) is 61.6 Å². The first-order valence-corrected chi connectivity index (χ1v) is 10.5. The van der Waals surface area contributed by atoms with Gasteiger partial charge in [-0.25, -0.2) is 0 Å². The van der Waals surface area contributed by atoms with Gasteiger partial charge in [-0.15, -0.1) is 10.2 Å². The molecule has 0 aliphatic heterocycles. The van der Waals surface area contributed by atoms with E-state index in [4.69, 9.17) is 16.0 Å². The second-order valence-electron chi connectivity index (χ2n) is 6.79. The van der Waals surface area contributed by atoms with Crippen molar-refractivity contribution in [2.24, 2.45) is 0 Å². The number of carbonyl (C=O) groups is 1. The maximum atomic E-state index is 12.7. The van der Waals surface area contributed by atoms with Crippen molar-refractivity contribution >= 4 is 29.3 Å². The van der Waals surface area contributed by atoms with E-state index >= 15 is 0 Å². The zero-order valence-corrected chi connectivity index (χ0v) is 17.0. The molecule has 2 atom stereocenters. The van der Waals surface area contributed by atoms with Crippen molar-refractivity contribution in [3.8, 4) is 11.5 Å². The predicted molar refractivity (Wildman–Crippen MR) is 110 cm³/mol. The molecule has 1 aliphatic rings. The van der Waals surface area contributed by atoms with Gasteiger partial charge in [0.25, 0.3) is 5.22 Å². The molecule has 1 aromatic heterocycles. The number of hydrogen-bond donors (Lipinski definition) is 1. The smallest absolute Gasteiger partial charge is 0.277 e. The number of hydrogen-bond acceptors (Lipinski definition) is 5. The number of carbonyl (C=O) groups excluding carboxylic acids is 1. The zero-order valence-electron chi connectivity index (χ0n) is 15.4. The number of nitrogens with zero attached hydrogens (tertiary/aromatic N) is 2. The van der Waals surface area contributed by atoms with E-state index in [2.05, 4.69) is 33.7 Å². The van der Waals surface area contributed by atoms with Gasteiger partial charge in [0.15, 0.2) is 0 Å². The maximum absolute atomic E-state index is 12.7. The Morgan fingerprint density at radius 1 is 1.21 bits per heavy atom. The Kier molecular flexibility index (Phi) is 5.69. The van der Waals surface area contributed by atoms with Crippen molar-refractivity contribution in [1.82, 2.24) is 15.5 Å². The van der Waals surface area contributed by atoms with E-state index in [0.717, 1.165) is 24.8 Å². The number of fused-ring (bicyclic) bond motifs is 1. The number of halogens is 1. The average molecular weight is 414 g/mol. The number of aromatic nitrogens is 2. The van der Waals surface area contributed by atoms with Gasteiger partial charge in [0.05, 0.1) is 11.3 Å². The lowest BCUT2D eigenvalue weighted by Gasteiger charge is -2.27. The van der Waals surface area contributed by atoms with Gasteiger partial charge in [-0.1, -0.05) is 47.6 Å². The van der Waals surface area contributed by atoms with Crippen LogP contribution in [0.1, 0.15) is 36.9 Å². The van der Waals surface area contributed by atoms with Crippen LogP contribution in [0.25, 0.3) is 11.5 Å². The van der Waals surface area contributed by atoms with Crippen LogP contribution in [0, 0.1) is 0 Å². The molecule has 28 heavy (non-hydrogen) atoms. The highest BCUT2D eigenvalue weighted by Crippen LogP contribution is 2.31. The third-order valence-electron chi connectivity index (χ3n) is 4.83. The summed E-state index contributed by atoms with van der Waals surface area (Å²) in [4.78, 5) is 12.7. The molecule has 144 valence electrons. The average Bonchev–Trinajstić information content (AvgIpc) is 3.17. The fourth-order valence-corrected chi connectivity index (χ4v) is 4.18. The summed E-state index contributed by atoms with van der Waals surface area (Å²) in [5.41, 5.74) is 3.34. The lowest BCUT2D eigenvalue weighted by Crippen LogP contribution is -2.35. The van der Waals surface area contributed by atoms with Gasteiger partial charge in [-0.2, -0.15) is 0 Å². The molecule has 2 aromatic carbocycles. The normalized spacial score (nSPS) is 17.0. The Morgan fingerprint density at radius 3 is 2.82 bits per heavy atom. The molecule has 0 bridgehead atoms. The number of thioether (sulfide) groups is 1. The third-order valence-corrected chi connectivity index (χ3v) is 6.02. The van der Waals surface area contributed by atoms with Crippen LogP contribution in [0.2, 0.25) is 5.02 Å². The molecule has 0 spiro atoms. The lowest BCUT2D eigenvalue weighted by molar-refractivity contribution is -0.121. The first-order valence-electron chi connectivity index (χ1n) is 9.24. The molecular weight excluding hydrogens is 394 g/mol. The Balaban J connectivity index is 1.40. The van der Waals surface area contributed by atoms with Crippen LogP contribution in [0.3, 0.4) is 0 Å². The highest BCUT2D eigenvalue weighted by molar-refractivity contribution is 8.00. The van der Waals surface area contributed by atoms with Crippen molar-refractivity contribution < 1.29 is 9.21 Å². The minimum atomic E-state index is -0.340. The van der Waals surface area contributed by atoms with Gasteiger partial charge in [-0.3, -0.25) is 4.79 Å². The standard InChI is InChI=1S/C21H20ClN3O2S/c1-13(19(26)23-18-8-4-6-14-5-2-3-7-17(14)18)28-21-25-24-20(27-21)15-9-11-16(22)12-10-15/h2-3,5,7,9-13,18H,4,6,8H2,1H3,(H,23,26)/t13-,18+/m0/s1. The van der Waals surface area contributed by atoms with Crippen molar-refractivity contribution in [3.63, 3.8) is 0 Å². The van der Waals surface area contributed by atoms with Crippen LogP contribution < -0.4 is 5.32 Å². The molecule has 0 radical (unpaired) electrons. The summed E-state index contributed by atoms with van der Waals surface area (Å²) in [5.74, 6) is 0.380.